The van der Waals surface area contributed by atoms with E-state index in [2.05, 4.69) is 24.1 Å². The highest BCUT2D eigenvalue weighted by Gasteiger charge is 2.22. The number of carbonyl (C=O) groups is 1. The van der Waals surface area contributed by atoms with Crippen molar-refractivity contribution in [1.29, 1.82) is 0 Å². The van der Waals surface area contributed by atoms with Crippen LogP contribution in [0.2, 0.25) is 0 Å². The third-order valence-electron chi connectivity index (χ3n) is 4.20. The van der Waals surface area contributed by atoms with Crippen molar-refractivity contribution in [3.63, 3.8) is 0 Å². The zero-order valence-corrected chi connectivity index (χ0v) is 13.2. The quantitative estimate of drug-likeness (QED) is 0.673. The number of rotatable bonds is 8. The van der Waals surface area contributed by atoms with Crippen LogP contribution in [-0.4, -0.2) is 47.7 Å². The maximum absolute atomic E-state index is 12.1. The van der Waals surface area contributed by atoms with E-state index in [4.69, 9.17) is 0 Å². The van der Waals surface area contributed by atoms with Crippen LogP contribution in [0.1, 0.15) is 65.2 Å². The highest BCUT2D eigenvalue weighted by Crippen LogP contribution is 2.16. The van der Waals surface area contributed by atoms with Gasteiger partial charge < -0.3 is 10.4 Å². The minimum Gasteiger partial charge on any atom is -0.395 e. The van der Waals surface area contributed by atoms with Gasteiger partial charge >= 0.3 is 0 Å². The van der Waals surface area contributed by atoms with Crippen LogP contribution in [0.5, 0.6) is 0 Å². The van der Waals surface area contributed by atoms with Crippen molar-refractivity contribution in [3.8, 4) is 0 Å². The summed E-state index contributed by atoms with van der Waals surface area (Å²) in [6, 6.07) is 0.423. The summed E-state index contributed by atoms with van der Waals surface area (Å²) in [5.41, 5.74) is 0. The molecule has 20 heavy (non-hydrogen) atoms. The Kier molecular flexibility index (Phi) is 8.86. The molecule has 0 aromatic heterocycles. The van der Waals surface area contributed by atoms with Crippen LogP contribution in [0.15, 0.2) is 0 Å². The van der Waals surface area contributed by atoms with E-state index in [-0.39, 0.29) is 24.6 Å². The third-order valence-corrected chi connectivity index (χ3v) is 4.20. The van der Waals surface area contributed by atoms with Crippen LogP contribution in [-0.2, 0) is 4.79 Å². The second kappa shape index (κ2) is 10.2. The van der Waals surface area contributed by atoms with E-state index in [1.54, 1.807) is 0 Å². The predicted octanol–water partition coefficient (Wildman–Crippen LogP) is 2.31. The molecule has 0 bridgehead atoms. The van der Waals surface area contributed by atoms with Gasteiger partial charge in [-0.1, -0.05) is 39.0 Å². The first-order valence-corrected chi connectivity index (χ1v) is 8.31. The Morgan fingerprint density at radius 1 is 1.35 bits per heavy atom. The normalized spacial score (nSPS) is 22.2. The molecular formula is C16H32N2O2. The van der Waals surface area contributed by atoms with Gasteiger partial charge in [0.1, 0.15) is 0 Å². The molecule has 0 radical (unpaired) electrons. The van der Waals surface area contributed by atoms with Crippen molar-refractivity contribution in [2.75, 3.05) is 19.7 Å². The largest absolute Gasteiger partial charge is 0.395 e. The van der Waals surface area contributed by atoms with Gasteiger partial charge in [0.25, 0.3) is 0 Å². The lowest BCUT2D eigenvalue weighted by Gasteiger charge is -2.28. The molecule has 118 valence electrons. The summed E-state index contributed by atoms with van der Waals surface area (Å²) < 4.78 is 0. The minimum absolute atomic E-state index is 0.106. The average molecular weight is 284 g/mol. The lowest BCUT2D eigenvalue weighted by atomic mass is 10.1. The van der Waals surface area contributed by atoms with Crippen LogP contribution in [0.3, 0.4) is 0 Å². The molecule has 1 aliphatic rings. The van der Waals surface area contributed by atoms with Crippen molar-refractivity contribution in [2.24, 2.45) is 0 Å². The molecule has 2 atom stereocenters. The molecule has 1 fully saturated rings. The van der Waals surface area contributed by atoms with E-state index in [0.717, 1.165) is 32.2 Å². The van der Waals surface area contributed by atoms with Gasteiger partial charge in [0, 0.05) is 12.1 Å². The number of hydrogen-bond donors (Lipinski definition) is 2. The molecule has 1 amide bonds. The van der Waals surface area contributed by atoms with E-state index < -0.39 is 0 Å². The lowest BCUT2D eigenvalue weighted by Crippen LogP contribution is -2.46. The van der Waals surface area contributed by atoms with Crippen LogP contribution >= 0.6 is 0 Å². The van der Waals surface area contributed by atoms with Gasteiger partial charge in [-0.2, -0.15) is 0 Å². The van der Waals surface area contributed by atoms with Crippen molar-refractivity contribution in [3.05, 3.63) is 0 Å². The Labute approximate surface area is 123 Å². The van der Waals surface area contributed by atoms with Crippen molar-refractivity contribution in [2.45, 2.75) is 77.3 Å². The van der Waals surface area contributed by atoms with E-state index >= 15 is 0 Å². The van der Waals surface area contributed by atoms with Gasteiger partial charge in [0.2, 0.25) is 5.91 Å². The molecule has 0 aliphatic carbocycles. The van der Waals surface area contributed by atoms with Gasteiger partial charge in [-0.15, -0.1) is 0 Å². The van der Waals surface area contributed by atoms with Gasteiger partial charge in [0.15, 0.2) is 0 Å². The molecule has 1 saturated heterocycles. The number of aliphatic hydroxyl groups is 1. The first-order chi connectivity index (χ1) is 9.67. The topological polar surface area (TPSA) is 52.6 Å². The molecule has 4 heteroatoms. The number of nitrogens with zero attached hydrogens (tertiary/aromatic N) is 1. The molecular weight excluding hydrogens is 252 g/mol. The summed E-state index contributed by atoms with van der Waals surface area (Å²) in [4.78, 5) is 14.2. The monoisotopic (exact) mass is 284 g/mol. The van der Waals surface area contributed by atoms with Crippen molar-refractivity contribution < 1.29 is 9.90 Å². The number of likely N-dealkylation sites (tertiary alicyclic amines) is 1. The summed E-state index contributed by atoms with van der Waals surface area (Å²) >= 11 is 0. The van der Waals surface area contributed by atoms with Gasteiger partial charge in [-0.05, 0) is 32.7 Å². The first-order valence-electron chi connectivity index (χ1n) is 8.31. The highest BCUT2D eigenvalue weighted by atomic mass is 16.3. The zero-order valence-electron chi connectivity index (χ0n) is 13.2. The molecule has 0 aromatic rings. The fraction of sp³-hybridized carbons (Fsp3) is 0.938. The highest BCUT2D eigenvalue weighted by molar-refractivity contribution is 5.78. The number of unbranched alkanes of at least 4 members (excludes halogenated alkanes) is 2. The minimum atomic E-state index is 0.106. The van der Waals surface area contributed by atoms with E-state index in [0.29, 0.717) is 6.54 Å². The number of nitrogens with one attached hydrogen (secondary N) is 1. The molecule has 1 heterocycles. The molecule has 2 unspecified atom stereocenters. The molecule has 2 N–H and O–H groups in total. The molecule has 0 spiro atoms. The molecule has 1 aliphatic heterocycles. The summed E-state index contributed by atoms with van der Waals surface area (Å²) in [6.07, 6.45) is 9.21. The second-order valence-electron chi connectivity index (χ2n) is 6.12. The number of amides is 1. The van der Waals surface area contributed by atoms with E-state index in [9.17, 15) is 9.90 Å². The smallest absolute Gasteiger partial charge is 0.234 e. The Morgan fingerprint density at radius 3 is 2.85 bits per heavy atom. The van der Waals surface area contributed by atoms with Crippen LogP contribution in [0, 0.1) is 0 Å². The van der Waals surface area contributed by atoms with Crippen molar-refractivity contribution >= 4 is 5.91 Å². The number of hydrogen-bond acceptors (Lipinski definition) is 3. The van der Waals surface area contributed by atoms with Gasteiger partial charge in [0.05, 0.1) is 13.2 Å². The predicted molar refractivity (Wildman–Crippen MR) is 82.7 cm³/mol. The summed E-state index contributed by atoms with van der Waals surface area (Å²) in [6.45, 7) is 5.81. The Balaban J connectivity index is 2.31. The summed E-state index contributed by atoms with van der Waals surface area (Å²) in [5.74, 6) is 0.106. The number of aliphatic hydroxyl groups excluding tert-OH is 1. The maximum Gasteiger partial charge on any atom is 0.234 e. The van der Waals surface area contributed by atoms with Crippen LogP contribution in [0.25, 0.3) is 0 Å². The molecule has 0 saturated carbocycles. The zero-order chi connectivity index (χ0) is 14.8. The first kappa shape index (κ1) is 17.4. The SMILES string of the molecule is CCCCCC(C)NC(=O)CN1CCCCCC1CO. The van der Waals surface area contributed by atoms with E-state index in [1.807, 2.05) is 0 Å². The van der Waals surface area contributed by atoms with Crippen LogP contribution < -0.4 is 5.32 Å². The Hall–Kier alpha value is -0.610. The standard InChI is InChI=1S/C16H32N2O2/c1-3-4-6-9-14(2)17-16(20)12-18-11-8-5-7-10-15(18)13-19/h14-15,19H,3-13H2,1-2H3,(H,17,20). The lowest BCUT2D eigenvalue weighted by molar-refractivity contribution is -0.123. The van der Waals surface area contributed by atoms with E-state index in [1.165, 1.54) is 25.7 Å². The van der Waals surface area contributed by atoms with Gasteiger partial charge in [-0.3, -0.25) is 9.69 Å². The molecule has 1 rings (SSSR count). The van der Waals surface area contributed by atoms with Crippen molar-refractivity contribution in [1.82, 2.24) is 10.2 Å². The third kappa shape index (κ3) is 6.71. The van der Waals surface area contributed by atoms with Crippen LogP contribution in [0.4, 0.5) is 0 Å². The summed E-state index contributed by atoms with van der Waals surface area (Å²) in [5, 5.41) is 12.5. The molecule has 0 aromatic carbocycles. The average Bonchev–Trinajstić information content (AvgIpc) is 2.63. The van der Waals surface area contributed by atoms with Gasteiger partial charge in [-0.25, -0.2) is 0 Å². The number of carbonyl (C=O) groups excluding carboxylic acids is 1. The maximum atomic E-state index is 12.1. The summed E-state index contributed by atoms with van der Waals surface area (Å²) in [7, 11) is 0. The Morgan fingerprint density at radius 2 is 2.15 bits per heavy atom. The second-order valence-corrected chi connectivity index (χ2v) is 6.12. The Bertz CT molecular complexity index is 271. The fourth-order valence-corrected chi connectivity index (χ4v) is 2.93. The fourth-order valence-electron chi connectivity index (χ4n) is 2.93. The molecule has 4 nitrogen and oxygen atoms in total.